The molecule has 0 radical (unpaired) electrons. The summed E-state index contributed by atoms with van der Waals surface area (Å²) in [7, 11) is -4.03. The molecule has 1 atom stereocenters. The number of hydrogen-bond donors (Lipinski definition) is 1. The van der Waals surface area contributed by atoms with Gasteiger partial charge in [0, 0.05) is 19.1 Å². The largest absolute Gasteiger partial charge is 0.329 e. The van der Waals surface area contributed by atoms with Crippen LogP contribution < -0.4 is 5.73 Å². The first-order valence-corrected chi connectivity index (χ1v) is 7.49. The number of aryl methyl sites for hydroxylation is 1. The van der Waals surface area contributed by atoms with E-state index in [-0.39, 0.29) is 18.2 Å². The van der Waals surface area contributed by atoms with Crippen LogP contribution >= 0.6 is 0 Å². The quantitative estimate of drug-likeness (QED) is 0.915. The molecule has 0 aromatic heterocycles. The lowest BCUT2D eigenvalue weighted by Crippen LogP contribution is -2.40. The Bertz CT molecular complexity index is 590. The summed E-state index contributed by atoms with van der Waals surface area (Å²) in [5, 5.41) is 0. The second kappa shape index (κ2) is 5.15. The Labute approximate surface area is 111 Å². The van der Waals surface area contributed by atoms with Gasteiger partial charge in [0.25, 0.3) is 0 Å². The Hall–Kier alpha value is -1.05. The van der Waals surface area contributed by atoms with Crippen molar-refractivity contribution in [2.45, 2.75) is 30.7 Å². The summed E-state index contributed by atoms with van der Waals surface area (Å²) in [6, 6.07) is 1.30. The van der Waals surface area contributed by atoms with E-state index in [9.17, 15) is 17.2 Å². The van der Waals surface area contributed by atoms with Crippen LogP contribution in [0, 0.1) is 18.6 Å². The highest BCUT2D eigenvalue weighted by molar-refractivity contribution is 7.89. The van der Waals surface area contributed by atoms with Crippen LogP contribution in [-0.4, -0.2) is 31.9 Å². The van der Waals surface area contributed by atoms with Gasteiger partial charge in [-0.3, -0.25) is 0 Å². The number of halogens is 2. The van der Waals surface area contributed by atoms with Crippen molar-refractivity contribution in [3.63, 3.8) is 0 Å². The van der Waals surface area contributed by atoms with Crippen LogP contribution in [-0.2, 0) is 10.0 Å². The second-order valence-corrected chi connectivity index (χ2v) is 6.54. The van der Waals surface area contributed by atoms with Crippen molar-refractivity contribution in [1.82, 2.24) is 4.31 Å². The van der Waals surface area contributed by atoms with Crippen LogP contribution in [0.15, 0.2) is 17.0 Å². The van der Waals surface area contributed by atoms with Crippen molar-refractivity contribution in [3.05, 3.63) is 29.3 Å². The molecule has 1 aliphatic heterocycles. The first kappa shape index (κ1) is 14.4. The molecule has 1 aromatic carbocycles. The van der Waals surface area contributed by atoms with Crippen LogP contribution in [0.2, 0.25) is 0 Å². The van der Waals surface area contributed by atoms with Crippen LogP contribution in [0.4, 0.5) is 8.78 Å². The van der Waals surface area contributed by atoms with E-state index >= 15 is 0 Å². The molecule has 0 unspecified atom stereocenters. The Morgan fingerprint density at radius 2 is 2.05 bits per heavy atom. The maximum absolute atomic E-state index is 13.8. The molecule has 2 rings (SSSR count). The van der Waals surface area contributed by atoms with Gasteiger partial charge in [-0.05, 0) is 37.5 Å². The van der Waals surface area contributed by atoms with Crippen molar-refractivity contribution in [1.29, 1.82) is 0 Å². The molecule has 1 saturated heterocycles. The number of benzene rings is 1. The first-order valence-electron chi connectivity index (χ1n) is 6.05. The molecule has 0 amide bonds. The van der Waals surface area contributed by atoms with Gasteiger partial charge in [-0.1, -0.05) is 0 Å². The number of sulfonamides is 1. The zero-order chi connectivity index (χ0) is 14.2. The van der Waals surface area contributed by atoms with Gasteiger partial charge in [0.2, 0.25) is 10.0 Å². The Balaban J connectivity index is 2.48. The standard InChI is InChI=1S/C12H16F2N2O2S/c1-8-5-11(14)12(6-10(8)13)19(17,18)16-4-2-3-9(16)7-15/h5-6,9H,2-4,7,15H2,1H3/t9-/m0/s1. The lowest BCUT2D eigenvalue weighted by molar-refractivity contribution is 0.389. The second-order valence-electron chi connectivity index (χ2n) is 4.68. The third-order valence-corrected chi connectivity index (χ3v) is 5.36. The van der Waals surface area contributed by atoms with E-state index in [4.69, 9.17) is 5.73 Å². The van der Waals surface area contributed by atoms with Crippen molar-refractivity contribution < 1.29 is 17.2 Å². The Morgan fingerprint density at radius 3 is 2.68 bits per heavy atom. The minimum absolute atomic E-state index is 0.0771. The Morgan fingerprint density at radius 1 is 1.37 bits per heavy atom. The summed E-state index contributed by atoms with van der Waals surface area (Å²) in [5.74, 6) is -1.66. The monoisotopic (exact) mass is 290 g/mol. The van der Waals surface area contributed by atoms with Crippen molar-refractivity contribution in [3.8, 4) is 0 Å². The van der Waals surface area contributed by atoms with Crippen molar-refractivity contribution in [2.75, 3.05) is 13.1 Å². The average molecular weight is 290 g/mol. The molecule has 19 heavy (non-hydrogen) atoms. The highest BCUT2D eigenvalue weighted by atomic mass is 32.2. The maximum Gasteiger partial charge on any atom is 0.246 e. The molecule has 0 aliphatic carbocycles. The predicted molar refractivity (Wildman–Crippen MR) is 67.1 cm³/mol. The molecule has 106 valence electrons. The third kappa shape index (κ3) is 2.50. The van der Waals surface area contributed by atoms with E-state index in [0.717, 1.165) is 12.1 Å². The molecular weight excluding hydrogens is 274 g/mol. The van der Waals surface area contributed by atoms with E-state index < -0.39 is 26.6 Å². The number of nitrogens with zero attached hydrogens (tertiary/aromatic N) is 1. The Kier molecular flexibility index (Phi) is 3.89. The van der Waals surface area contributed by atoms with Gasteiger partial charge in [0.15, 0.2) is 0 Å². The zero-order valence-corrected chi connectivity index (χ0v) is 11.4. The molecular formula is C12H16F2N2O2S. The SMILES string of the molecule is Cc1cc(F)c(S(=O)(=O)N2CCC[C@H]2CN)cc1F. The van der Waals surface area contributed by atoms with Crippen LogP contribution in [0.5, 0.6) is 0 Å². The summed E-state index contributed by atoms with van der Waals surface area (Å²) in [4.78, 5) is -0.615. The van der Waals surface area contributed by atoms with Crippen molar-refractivity contribution >= 4 is 10.0 Å². The summed E-state index contributed by atoms with van der Waals surface area (Å²) >= 11 is 0. The molecule has 1 heterocycles. The lowest BCUT2D eigenvalue weighted by atomic mass is 10.2. The number of rotatable bonds is 3. The molecule has 0 bridgehead atoms. The number of hydrogen-bond acceptors (Lipinski definition) is 3. The predicted octanol–water partition coefficient (Wildman–Crippen LogP) is 1.39. The molecule has 7 heteroatoms. The maximum atomic E-state index is 13.8. The summed E-state index contributed by atoms with van der Waals surface area (Å²) in [6.07, 6.45) is 1.32. The fraction of sp³-hybridized carbons (Fsp3) is 0.500. The van der Waals surface area contributed by atoms with Gasteiger partial charge in [-0.2, -0.15) is 4.31 Å². The normalized spacial score (nSPS) is 20.9. The van der Waals surface area contributed by atoms with Crippen LogP contribution in [0.3, 0.4) is 0 Å². The fourth-order valence-electron chi connectivity index (χ4n) is 2.31. The summed E-state index contributed by atoms with van der Waals surface area (Å²) in [6.45, 7) is 1.85. The van der Waals surface area contributed by atoms with Crippen molar-refractivity contribution in [2.24, 2.45) is 5.73 Å². The molecule has 0 saturated carbocycles. The third-order valence-electron chi connectivity index (χ3n) is 3.39. The molecule has 1 aromatic rings. The minimum atomic E-state index is -4.03. The highest BCUT2D eigenvalue weighted by Crippen LogP contribution is 2.28. The van der Waals surface area contributed by atoms with Gasteiger partial charge in [0.05, 0.1) is 0 Å². The van der Waals surface area contributed by atoms with Gasteiger partial charge >= 0.3 is 0 Å². The van der Waals surface area contributed by atoms with E-state index in [0.29, 0.717) is 19.4 Å². The van der Waals surface area contributed by atoms with Gasteiger partial charge in [-0.15, -0.1) is 0 Å². The molecule has 2 N–H and O–H groups in total. The van der Waals surface area contributed by atoms with E-state index in [2.05, 4.69) is 0 Å². The van der Waals surface area contributed by atoms with E-state index in [1.54, 1.807) is 0 Å². The fourth-order valence-corrected chi connectivity index (χ4v) is 4.08. The zero-order valence-electron chi connectivity index (χ0n) is 10.6. The lowest BCUT2D eigenvalue weighted by Gasteiger charge is -2.23. The average Bonchev–Trinajstić information content (AvgIpc) is 2.82. The minimum Gasteiger partial charge on any atom is -0.329 e. The van der Waals surface area contributed by atoms with Gasteiger partial charge < -0.3 is 5.73 Å². The van der Waals surface area contributed by atoms with E-state index in [1.165, 1.54) is 11.2 Å². The summed E-state index contributed by atoms with van der Waals surface area (Å²) in [5.41, 5.74) is 5.59. The van der Waals surface area contributed by atoms with Gasteiger partial charge in [0.1, 0.15) is 16.5 Å². The number of nitrogens with two attached hydrogens (primary N) is 1. The molecule has 1 aliphatic rings. The van der Waals surface area contributed by atoms with E-state index in [1.807, 2.05) is 0 Å². The topological polar surface area (TPSA) is 63.4 Å². The highest BCUT2D eigenvalue weighted by Gasteiger charge is 2.36. The molecule has 0 spiro atoms. The first-order chi connectivity index (χ1) is 8.87. The molecule has 1 fully saturated rings. The smallest absolute Gasteiger partial charge is 0.246 e. The molecule has 4 nitrogen and oxygen atoms in total. The summed E-state index contributed by atoms with van der Waals surface area (Å²) < 4.78 is 53.2. The van der Waals surface area contributed by atoms with Gasteiger partial charge in [-0.25, -0.2) is 17.2 Å². The van der Waals surface area contributed by atoms with Crippen LogP contribution in [0.25, 0.3) is 0 Å². The van der Waals surface area contributed by atoms with Crippen LogP contribution in [0.1, 0.15) is 18.4 Å².